The number of amides is 3. The lowest BCUT2D eigenvalue weighted by molar-refractivity contribution is -0.143. The smallest absolute Gasteiger partial charge is 0.328 e. The lowest BCUT2D eigenvalue weighted by atomic mass is 10.0. The molecule has 0 aliphatic heterocycles. The number of thioether (sulfide) groups is 1. The van der Waals surface area contributed by atoms with Crippen LogP contribution in [0.15, 0.2) is 0 Å². The number of carbonyl (C=O) groups excluding carboxylic acids is 3. The molecular weight excluding hydrogens is 404 g/mol. The number of nitrogens with one attached hydrogen (secondary N) is 3. The molecular formula is C17H32N4O7S. The molecule has 29 heavy (non-hydrogen) atoms. The first-order chi connectivity index (χ1) is 13.6. The van der Waals surface area contributed by atoms with Crippen LogP contribution in [-0.2, 0) is 19.2 Å². The van der Waals surface area contributed by atoms with Crippen molar-refractivity contribution in [2.24, 2.45) is 11.7 Å². The Kier molecular flexibility index (Phi) is 13.2. The van der Waals surface area contributed by atoms with Crippen LogP contribution in [0.25, 0.3) is 0 Å². The number of carboxylic acids is 1. The molecule has 11 nitrogen and oxygen atoms in total. The molecule has 0 heterocycles. The fraction of sp³-hybridized carbons (Fsp3) is 0.765. The van der Waals surface area contributed by atoms with Gasteiger partial charge in [0, 0.05) is 0 Å². The number of carboxylic acid groups (broad SMARTS) is 1. The van der Waals surface area contributed by atoms with Crippen molar-refractivity contribution in [3.8, 4) is 0 Å². The molecule has 0 aromatic rings. The van der Waals surface area contributed by atoms with Crippen molar-refractivity contribution in [3.05, 3.63) is 0 Å². The first-order valence-corrected chi connectivity index (χ1v) is 10.6. The maximum atomic E-state index is 12.7. The predicted octanol–water partition coefficient (Wildman–Crippen LogP) is -2.36. The summed E-state index contributed by atoms with van der Waals surface area (Å²) in [6.07, 6.45) is 2.29. The van der Waals surface area contributed by atoms with Crippen LogP contribution in [0.3, 0.4) is 0 Å². The van der Waals surface area contributed by atoms with Crippen LogP contribution in [0.5, 0.6) is 0 Å². The minimum atomic E-state index is -1.50. The second-order valence-electron chi connectivity index (χ2n) is 6.90. The van der Waals surface area contributed by atoms with E-state index in [1.165, 1.54) is 11.8 Å². The number of rotatable bonds is 14. The van der Waals surface area contributed by atoms with Crippen molar-refractivity contribution in [1.82, 2.24) is 16.0 Å². The van der Waals surface area contributed by atoms with Crippen LogP contribution in [-0.4, -0.2) is 88.4 Å². The third-order valence-corrected chi connectivity index (χ3v) is 4.56. The fourth-order valence-corrected chi connectivity index (χ4v) is 2.77. The highest BCUT2D eigenvalue weighted by Crippen LogP contribution is 2.08. The van der Waals surface area contributed by atoms with Gasteiger partial charge < -0.3 is 37.0 Å². The van der Waals surface area contributed by atoms with Crippen LogP contribution >= 0.6 is 11.8 Å². The number of hydrogen-bond donors (Lipinski definition) is 7. The molecule has 8 N–H and O–H groups in total. The molecule has 0 fully saturated rings. The number of hydrogen-bond acceptors (Lipinski definition) is 8. The van der Waals surface area contributed by atoms with E-state index in [0.717, 1.165) is 0 Å². The van der Waals surface area contributed by atoms with Gasteiger partial charge in [0.2, 0.25) is 17.7 Å². The SMILES string of the molecule is CSCCC(NC(=O)C(CC(C)C)NC(=O)C(N)CO)C(=O)NC(CO)C(=O)O. The van der Waals surface area contributed by atoms with Gasteiger partial charge in [-0.1, -0.05) is 13.8 Å². The Morgan fingerprint density at radius 2 is 1.41 bits per heavy atom. The summed E-state index contributed by atoms with van der Waals surface area (Å²) in [6.45, 7) is 2.30. The summed E-state index contributed by atoms with van der Waals surface area (Å²) in [5.74, 6) is -2.96. The van der Waals surface area contributed by atoms with Gasteiger partial charge in [-0.3, -0.25) is 14.4 Å². The Bertz CT molecular complexity index is 562. The zero-order valence-corrected chi connectivity index (χ0v) is 17.7. The summed E-state index contributed by atoms with van der Waals surface area (Å²) in [7, 11) is 0. The molecule has 0 saturated carbocycles. The molecule has 12 heteroatoms. The summed E-state index contributed by atoms with van der Waals surface area (Å²) in [5.41, 5.74) is 5.47. The van der Waals surface area contributed by atoms with Crippen molar-refractivity contribution in [1.29, 1.82) is 0 Å². The number of carbonyl (C=O) groups is 4. The van der Waals surface area contributed by atoms with Crippen LogP contribution in [0.4, 0.5) is 0 Å². The Morgan fingerprint density at radius 3 is 1.86 bits per heavy atom. The highest BCUT2D eigenvalue weighted by Gasteiger charge is 2.30. The van der Waals surface area contributed by atoms with Gasteiger partial charge in [0.05, 0.1) is 13.2 Å². The highest BCUT2D eigenvalue weighted by molar-refractivity contribution is 7.98. The average molecular weight is 437 g/mol. The summed E-state index contributed by atoms with van der Waals surface area (Å²) in [5, 5.41) is 34.2. The number of nitrogens with two attached hydrogens (primary N) is 1. The van der Waals surface area contributed by atoms with Crippen LogP contribution < -0.4 is 21.7 Å². The lowest BCUT2D eigenvalue weighted by Gasteiger charge is -2.25. The number of aliphatic hydroxyl groups excluding tert-OH is 2. The third kappa shape index (κ3) is 10.5. The van der Waals surface area contributed by atoms with E-state index in [1.807, 2.05) is 20.1 Å². The van der Waals surface area contributed by atoms with Crippen molar-refractivity contribution in [2.45, 2.75) is 50.9 Å². The first kappa shape index (κ1) is 27.1. The van der Waals surface area contributed by atoms with Gasteiger partial charge in [0.1, 0.15) is 24.2 Å². The van der Waals surface area contributed by atoms with Crippen LogP contribution in [0.1, 0.15) is 26.7 Å². The van der Waals surface area contributed by atoms with E-state index in [9.17, 15) is 19.2 Å². The van der Waals surface area contributed by atoms with Crippen molar-refractivity contribution in [3.63, 3.8) is 0 Å². The second kappa shape index (κ2) is 14.1. The van der Waals surface area contributed by atoms with Gasteiger partial charge in [-0.2, -0.15) is 11.8 Å². The van der Waals surface area contributed by atoms with E-state index in [1.54, 1.807) is 0 Å². The molecule has 0 aliphatic rings. The molecule has 0 aromatic heterocycles. The summed E-state index contributed by atoms with van der Waals surface area (Å²) in [6, 6.07) is -4.72. The quantitative estimate of drug-likeness (QED) is 0.156. The van der Waals surface area contributed by atoms with Crippen molar-refractivity contribution < 1.29 is 34.5 Å². The minimum absolute atomic E-state index is 0.0284. The topological polar surface area (TPSA) is 191 Å². The van der Waals surface area contributed by atoms with Crippen molar-refractivity contribution in [2.75, 3.05) is 25.2 Å². The predicted molar refractivity (Wildman–Crippen MR) is 108 cm³/mol. The van der Waals surface area contributed by atoms with Gasteiger partial charge in [0.15, 0.2) is 0 Å². The van der Waals surface area contributed by atoms with E-state index in [2.05, 4.69) is 16.0 Å². The standard InChI is InChI=1S/C17H32N4O7S/c1-9(2)6-12(20-14(24)10(18)7-22)16(26)19-11(4-5-29-3)15(25)21-13(8-23)17(27)28/h9-13,22-23H,4-8,18H2,1-3H3,(H,19,26)(H,20,24)(H,21,25)(H,27,28). The number of aliphatic carboxylic acids is 1. The largest absolute Gasteiger partial charge is 0.480 e. The van der Waals surface area contributed by atoms with E-state index in [-0.39, 0.29) is 18.8 Å². The Morgan fingerprint density at radius 1 is 0.897 bits per heavy atom. The lowest BCUT2D eigenvalue weighted by Crippen LogP contribution is -2.58. The average Bonchev–Trinajstić information content (AvgIpc) is 2.66. The molecule has 0 aromatic carbocycles. The summed E-state index contributed by atoms with van der Waals surface area (Å²) < 4.78 is 0. The fourth-order valence-electron chi connectivity index (χ4n) is 2.30. The third-order valence-electron chi connectivity index (χ3n) is 3.91. The summed E-state index contributed by atoms with van der Waals surface area (Å²) >= 11 is 1.43. The molecule has 4 unspecified atom stereocenters. The highest BCUT2D eigenvalue weighted by atomic mass is 32.2. The molecule has 0 aliphatic carbocycles. The first-order valence-electron chi connectivity index (χ1n) is 9.17. The normalized spacial score (nSPS) is 15.1. The van der Waals surface area contributed by atoms with Gasteiger partial charge in [0.25, 0.3) is 0 Å². The molecule has 3 amide bonds. The van der Waals surface area contributed by atoms with E-state index in [4.69, 9.17) is 21.1 Å². The van der Waals surface area contributed by atoms with Gasteiger partial charge >= 0.3 is 5.97 Å². The molecule has 168 valence electrons. The summed E-state index contributed by atoms with van der Waals surface area (Å²) in [4.78, 5) is 48.1. The molecule has 0 saturated heterocycles. The van der Waals surface area contributed by atoms with E-state index in [0.29, 0.717) is 5.75 Å². The van der Waals surface area contributed by atoms with E-state index >= 15 is 0 Å². The van der Waals surface area contributed by atoms with Gasteiger partial charge in [-0.05, 0) is 30.8 Å². The van der Waals surface area contributed by atoms with E-state index < -0.39 is 61.1 Å². The molecule has 0 rings (SSSR count). The maximum absolute atomic E-state index is 12.7. The molecule has 0 bridgehead atoms. The zero-order chi connectivity index (χ0) is 22.6. The zero-order valence-electron chi connectivity index (χ0n) is 16.9. The monoisotopic (exact) mass is 436 g/mol. The van der Waals surface area contributed by atoms with Crippen LogP contribution in [0.2, 0.25) is 0 Å². The van der Waals surface area contributed by atoms with Gasteiger partial charge in [-0.25, -0.2) is 4.79 Å². The molecule has 0 spiro atoms. The Labute approximate surface area is 174 Å². The maximum Gasteiger partial charge on any atom is 0.328 e. The van der Waals surface area contributed by atoms with Crippen LogP contribution in [0, 0.1) is 5.92 Å². The van der Waals surface area contributed by atoms with Crippen molar-refractivity contribution >= 4 is 35.5 Å². The Hall–Kier alpha value is -1.89. The molecule has 0 radical (unpaired) electrons. The Balaban J connectivity index is 5.31. The second-order valence-corrected chi connectivity index (χ2v) is 7.89. The molecule has 4 atom stereocenters. The van der Waals surface area contributed by atoms with Gasteiger partial charge in [-0.15, -0.1) is 0 Å². The minimum Gasteiger partial charge on any atom is -0.480 e. The number of aliphatic hydroxyl groups is 2.